The number of urea groups is 1. The Morgan fingerprint density at radius 3 is 2.48 bits per heavy atom. The lowest BCUT2D eigenvalue weighted by Crippen LogP contribution is -2.42. The molecule has 0 spiro atoms. The van der Waals surface area contributed by atoms with E-state index in [1.54, 1.807) is 0 Å². The number of hydrogen-bond donors (Lipinski definition) is 2. The fourth-order valence-electron chi connectivity index (χ4n) is 1.75. The van der Waals surface area contributed by atoms with Crippen molar-refractivity contribution in [2.45, 2.75) is 34.2 Å². The molecular formula is C12H19N5O4. The van der Waals surface area contributed by atoms with Gasteiger partial charge in [-0.2, -0.15) is 5.10 Å². The average Bonchev–Trinajstić information content (AvgIpc) is 2.61. The largest absolute Gasteiger partial charge is 0.338 e. The van der Waals surface area contributed by atoms with Crippen molar-refractivity contribution in [3.05, 3.63) is 21.5 Å². The van der Waals surface area contributed by atoms with Gasteiger partial charge in [-0.3, -0.25) is 24.9 Å². The SMILES string of the molecule is Cc1nn(CC(=O)NC(=O)NCC(C)C)c(C)c1[N+](=O)[O-]. The predicted molar refractivity (Wildman–Crippen MR) is 74.7 cm³/mol. The summed E-state index contributed by atoms with van der Waals surface area (Å²) >= 11 is 0. The van der Waals surface area contributed by atoms with E-state index in [4.69, 9.17) is 0 Å². The minimum atomic E-state index is -0.593. The second-order valence-corrected chi connectivity index (χ2v) is 5.09. The topological polar surface area (TPSA) is 119 Å². The number of nitrogens with one attached hydrogen (secondary N) is 2. The zero-order chi connectivity index (χ0) is 16.2. The summed E-state index contributed by atoms with van der Waals surface area (Å²) in [6, 6.07) is -0.593. The normalized spacial score (nSPS) is 10.5. The van der Waals surface area contributed by atoms with Gasteiger partial charge in [0.1, 0.15) is 17.9 Å². The Labute approximate surface area is 121 Å². The molecule has 0 atom stereocenters. The average molecular weight is 297 g/mol. The Morgan fingerprint density at radius 1 is 1.38 bits per heavy atom. The third-order valence-electron chi connectivity index (χ3n) is 2.74. The maximum absolute atomic E-state index is 11.7. The molecule has 3 amide bonds. The van der Waals surface area contributed by atoms with Gasteiger partial charge in [0.25, 0.3) is 0 Å². The van der Waals surface area contributed by atoms with E-state index in [-0.39, 0.29) is 29.5 Å². The molecule has 9 nitrogen and oxygen atoms in total. The van der Waals surface area contributed by atoms with Gasteiger partial charge in [-0.05, 0) is 19.8 Å². The van der Waals surface area contributed by atoms with Crippen LogP contribution in [0.15, 0.2) is 0 Å². The second-order valence-electron chi connectivity index (χ2n) is 5.09. The van der Waals surface area contributed by atoms with Crippen molar-refractivity contribution in [3.63, 3.8) is 0 Å². The first-order valence-electron chi connectivity index (χ1n) is 6.48. The van der Waals surface area contributed by atoms with Crippen LogP contribution in [0.25, 0.3) is 0 Å². The molecule has 0 aliphatic carbocycles. The summed E-state index contributed by atoms with van der Waals surface area (Å²) in [5, 5.41) is 19.5. The number of nitro groups is 1. The molecule has 1 aromatic rings. The van der Waals surface area contributed by atoms with Gasteiger partial charge in [0.15, 0.2) is 0 Å². The van der Waals surface area contributed by atoms with Gasteiger partial charge in [-0.25, -0.2) is 4.79 Å². The number of amides is 3. The van der Waals surface area contributed by atoms with Crippen LogP contribution in [0.2, 0.25) is 0 Å². The number of nitrogens with zero attached hydrogens (tertiary/aromatic N) is 3. The lowest BCUT2D eigenvalue weighted by atomic mass is 10.2. The minimum Gasteiger partial charge on any atom is -0.338 e. The predicted octanol–water partition coefficient (Wildman–Crippen LogP) is 0.890. The number of aryl methyl sites for hydroxylation is 1. The van der Waals surface area contributed by atoms with Crippen LogP contribution in [0.3, 0.4) is 0 Å². The van der Waals surface area contributed by atoms with Crippen molar-refractivity contribution >= 4 is 17.6 Å². The first-order valence-corrected chi connectivity index (χ1v) is 6.48. The van der Waals surface area contributed by atoms with Gasteiger partial charge in [0.05, 0.1) is 4.92 Å². The summed E-state index contributed by atoms with van der Waals surface area (Å²) in [6.45, 7) is 7.05. The molecule has 0 radical (unpaired) electrons. The van der Waals surface area contributed by atoms with E-state index >= 15 is 0 Å². The molecule has 0 fully saturated rings. The Morgan fingerprint density at radius 2 is 2.00 bits per heavy atom. The van der Waals surface area contributed by atoms with Gasteiger partial charge in [0.2, 0.25) is 5.91 Å². The summed E-state index contributed by atoms with van der Waals surface area (Å²) in [4.78, 5) is 33.5. The smallest absolute Gasteiger partial charge is 0.321 e. The van der Waals surface area contributed by atoms with E-state index < -0.39 is 16.9 Å². The summed E-state index contributed by atoms with van der Waals surface area (Å²) in [6.07, 6.45) is 0. The number of carbonyl (C=O) groups is 2. The molecular weight excluding hydrogens is 278 g/mol. The van der Waals surface area contributed by atoms with Crippen molar-refractivity contribution in [3.8, 4) is 0 Å². The molecule has 9 heteroatoms. The first kappa shape index (κ1) is 16.6. The van der Waals surface area contributed by atoms with Crippen LogP contribution in [0.4, 0.5) is 10.5 Å². The quantitative estimate of drug-likeness (QED) is 0.618. The lowest BCUT2D eigenvalue weighted by molar-refractivity contribution is -0.386. The summed E-state index contributed by atoms with van der Waals surface area (Å²) < 4.78 is 1.21. The maximum Gasteiger partial charge on any atom is 0.321 e. The molecule has 1 aromatic heterocycles. The van der Waals surface area contributed by atoms with Gasteiger partial charge < -0.3 is 5.32 Å². The van der Waals surface area contributed by atoms with E-state index in [1.807, 2.05) is 13.8 Å². The van der Waals surface area contributed by atoms with Crippen molar-refractivity contribution in [2.75, 3.05) is 6.54 Å². The van der Waals surface area contributed by atoms with E-state index in [9.17, 15) is 19.7 Å². The van der Waals surface area contributed by atoms with Crippen molar-refractivity contribution < 1.29 is 14.5 Å². The third-order valence-corrected chi connectivity index (χ3v) is 2.74. The van der Waals surface area contributed by atoms with E-state index in [0.29, 0.717) is 6.54 Å². The fraction of sp³-hybridized carbons (Fsp3) is 0.583. The van der Waals surface area contributed by atoms with E-state index in [0.717, 1.165) is 0 Å². The molecule has 0 saturated carbocycles. The minimum absolute atomic E-state index is 0.118. The van der Waals surface area contributed by atoms with Crippen LogP contribution >= 0.6 is 0 Å². The number of imide groups is 1. The summed E-state index contributed by atoms with van der Waals surface area (Å²) in [7, 11) is 0. The number of aromatic nitrogens is 2. The Bertz CT molecular complexity index is 564. The Kier molecular flexibility index (Phi) is 5.39. The molecule has 116 valence electrons. The van der Waals surface area contributed by atoms with E-state index in [1.165, 1.54) is 18.5 Å². The maximum atomic E-state index is 11.7. The van der Waals surface area contributed by atoms with Crippen LogP contribution in [0.5, 0.6) is 0 Å². The fourth-order valence-corrected chi connectivity index (χ4v) is 1.75. The van der Waals surface area contributed by atoms with Crippen LogP contribution in [-0.2, 0) is 11.3 Å². The third kappa shape index (κ3) is 4.55. The van der Waals surface area contributed by atoms with Crippen LogP contribution in [0, 0.1) is 29.9 Å². The van der Waals surface area contributed by atoms with Gasteiger partial charge in [-0.15, -0.1) is 0 Å². The summed E-state index contributed by atoms with van der Waals surface area (Å²) in [5.41, 5.74) is 0.386. The van der Waals surface area contributed by atoms with Crippen molar-refractivity contribution in [1.82, 2.24) is 20.4 Å². The van der Waals surface area contributed by atoms with Gasteiger partial charge in [-0.1, -0.05) is 13.8 Å². The highest BCUT2D eigenvalue weighted by Crippen LogP contribution is 2.21. The Balaban J connectivity index is 2.66. The molecule has 2 N–H and O–H groups in total. The molecule has 1 rings (SSSR count). The number of hydrogen-bond acceptors (Lipinski definition) is 5. The monoisotopic (exact) mass is 297 g/mol. The highest BCUT2D eigenvalue weighted by Gasteiger charge is 2.23. The molecule has 0 aliphatic heterocycles. The molecule has 21 heavy (non-hydrogen) atoms. The zero-order valence-electron chi connectivity index (χ0n) is 12.5. The molecule has 0 aromatic carbocycles. The van der Waals surface area contributed by atoms with E-state index in [2.05, 4.69) is 15.7 Å². The number of rotatable bonds is 5. The van der Waals surface area contributed by atoms with Crippen LogP contribution in [0.1, 0.15) is 25.2 Å². The highest BCUT2D eigenvalue weighted by molar-refractivity contribution is 5.94. The number of carbonyl (C=O) groups excluding carboxylic acids is 2. The highest BCUT2D eigenvalue weighted by atomic mass is 16.6. The standard InChI is InChI=1S/C12H19N5O4/c1-7(2)5-13-12(19)14-10(18)6-16-9(4)11(17(20)21)8(3)15-16/h7H,5-6H2,1-4H3,(H2,13,14,18,19). The Hall–Kier alpha value is -2.45. The lowest BCUT2D eigenvalue weighted by Gasteiger charge is -2.09. The first-order chi connectivity index (χ1) is 9.72. The molecule has 0 aliphatic rings. The molecule has 0 bridgehead atoms. The van der Waals surface area contributed by atoms with Crippen molar-refractivity contribution in [1.29, 1.82) is 0 Å². The van der Waals surface area contributed by atoms with Crippen molar-refractivity contribution in [2.24, 2.45) is 5.92 Å². The van der Waals surface area contributed by atoms with Crippen LogP contribution < -0.4 is 10.6 Å². The molecule has 0 saturated heterocycles. The zero-order valence-corrected chi connectivity index (χ0v) is 12.5. The second kappa shape index (κ2) is 6.82. The summed E-state index contributed by atoms with van der Waals surface area (Å²) in [5.74, 6) is -0.318. The molecule has 1 heterocycles. The van der Waals surface area contributed by atoms with Crippen LogP contribution in [-0.4, -0.2) is 33.2 Å². The van der Waals surface area contributed by atoms with Gasteiger partial charge in [0, 0.05) is 6.54 Å². The molecule has 0 unspecified atom stereocenters. The van der Waals surface area contributed by atoms with Gasteiger partial charge >= 0.3 is 11.7 Å².